The Morgan fingerprint density at radius 1 is 1.75 bits per heavy atom. The van der Waals surface area contributed by atoms with E-state index < -0.39 is 0 Å². The Morgan fingerprint density at radius 3 is 3.12 bits per heavy atom. The summed E-state index contributed by atoms with van der Waals surface area (Å²) >= 11 is 3.95. The van der Waals surface area contributed by atoms with Gasteiger partial charge in [0.15, 0.2) is 0 Å². The average molecular weight is 149 g/mol. The van der Waals surface area contributed by atoms with Gasteiger partial charge in [0.1, 0.15) is 0 Å². The number of rotatable bonds is 2. The summed E-state index contributed by atoms with van der Waals surface area (Å²) in [5.74, 6) is 3.80. The molecule has 1 aliphatic heterocycles. The molecule has 0 aromatic heterocycles. The molecule has 0 bridgehead atoms. The first-order valence-corrected chi connectivity index (χ1v) is 5.27. The zero-order valence-corrected chi connectivity index (χ0v) is 6.73. The lowest BCUT2D eigenvalue weighted by atomic mass is 10.7. The summed E-state index contributed by atoms with van der Waals surface area (Å²) in [6.45, 7) is 1.30. The normalized spacial score (nSPS) is 22.1. The molecule has 0 radical (unpaired) electrons. The third kappa shape index (κ3) is 1.88. The zero-order valence-electron chi connectivity index (χ0n) is 5.09. The fraction of sp³-hybridized carbons (Fsp3) is 1.00. The number of hydrogen-bond donors (Lipinski definition) is 0. The summed E-state index contributed by atoms with van der Waals surface area (Å²) in [7, 11) is 0. The van der Waals surface area contributed by atoms with Gasteiger partial charge < -0.3 is 0 Å². The second-order valence-corrected chi connectivity index (χ2v) is 3.76. The van der Waals surface area contributed by atoms with Gasteiger partial charge in [0.05, 0.1) is 0 Å². The van der Waals surface area contributed by atoms with Crippen LogP contribution in [0.3, 0.4) is 0 Å². The van der Waals surface area contributed by atoms with Gasteiger partial charge >= 0.3 is 0 Å². The maximum atomic E-state index is 2.47. The van der Waals surface area contributed by atoms with Crippen molar-refractivity contribution in [3.8, 4) is 0 Å². The second kappa shape index (κ2) is 3.64. The van der Waals surface area contributed by atoms with Gasteiger partial charge in [0.2, 0.25) is 0 Å². The summed E-state index contributed by atoms with van der Waals surface area (Å²) in [6.07, 6.45) is 2.16. The van der Waals surface area contributed by atoms with Gasteiger partial charge in [0, 0.05) is 24.1 Å². The molecule has 0 saturated carbocycles. The fourth-order valence-corrected chi connectivity index (χ4v) is 2.43. The molecule has 1 rings (SSSR count). The molecule has 1 saturated heterocycles. The molecule has 48 valence electrons. The smallest absolute Gasteiger partial charge is 0.0453 e. The van der Waals surface area contributed by atoms with Crippen molar-refractivity contribution in [2.24, 2.45) is 0 Å². The number of nitrogens with zero attached hydrogens (tertiary/aromatic N) is 1. The van der Waals surface area contributed by atoms with Crippen LogP contribution < -0.4 is 0 Å². The van der Waals surface area contributed by atoms with Crippen LogP contribution in [0.4, 0.5) is 0 Å². The molecule has 0 N–H and O–H groups in total. The minimum absolute atomic E-state index is 1.22. The van der Waals surface area contributed by atoms with Gasteiger partial charge in [-0.3, -0.25) is 4.90 Å². The molecule has 1 fully saturated rings. The van der Waals surface area contributed by atoms with E-state index in [1.54, 1.807) is 0 Å². The maximum absolute atomic E-state index is 2.47. The molecule has 0 atom stereocenters. The van der Waals surface area contributed by atoms with E-state index in [0.29, 0.717) is 0 Å². The van der Waals surface area contributed by atoms with Crippen molar-refractivity contribution >= 4 is 23.5 Å². The van der Waals surface area contributed by atoms with Crippen molar-refractivity contribution in [2.45, 2.75) is 0 Å². The standard InChI is InChI=1S/C5H11NS2/c1-7-4-6-2-3-8-5-6/h2-5H2,1H3. The highest BCUT2D eigenvalue weighted by Gasteiger charge is 2.09. The van der Waals surface area contributed by atoms with Gasteiger partial charge in [-0.05, 0) is 6.26 Å². The predicted molar refractivity (Wildman–Crippen MR) is 42.4 cm³/mol. The summed E-state index contributed by atoms with van der Waals surface area (Å²) in [5, 5.41) is 0. The monoisotopic (exact) mass is 149 g/mol. The van der Waals surface area contributed by atoms with Crippen LogP contribution in [0.25, 0.3) is 0 Å². The lowest BCUT2D eigenvalue weighted by Gasteiger charge is -2.09. The van der Waals surface area contributed by atoms with Gasteiger partial charge in [-0.25, -0.2) is 0 Å². The number of thioether (sulfide) groups is 2. The highest BCUT2D eigenvalue weighted by molar-refractivity contribution is 8.00. The van der Waals surface area contributed by atoms with Crippen molar-refractivity contribution < 1.29 is 0 Å². The van der Waals surface area contributed by atoms with Crippen molar-refractivity contribution in [3.05, 3.63) is 0 Å². The molecule has 0 aromatic carbocycles. The highest BCUT2D eigenvalue weighted by atomic mass is 32.2. The SMILES string of the molecule is CSCN1CCSC1. The van der Waals surface area contributed by atoms with E-state index in [2.05, 4.69) is 11.2 Å². The Labute approximate surface area is 59.2 Å². The Bertz CT molecular complexity index is 61.4. The Balaban J connectivity index is 2.06. The molecule has 0 aromatic rings. The predicted octanol–water partition coefficient (Wildman–Crippen LogP) is 1.31. The van der Waals surface area contributed by atoms with E-state index in [0.717, 1.165) is 0 Å². The third-order valence-electron chi connectivity index (χ3n) is 1.14. The molecule has 0 amide bonds. The van der Waals surface area contributed by atoms with E-state index >= 15 is 0 Å². The molecular weight excluding hydrogens is 138 g/mol. The summed E-state index contributed by atoms with van der Waals surface area (Å²) < 4.78 is 0. The van der Waals surface area contributed by atoms with E-state index in [-0.39, 0.29) is 0 Å². The van der Waals surface area contributed by atoms with Gasteiger partial charge in [-0.15, -0.1) is 23.5 Å². The molecule has 0 unspecified atom stereocenters. The van der Waals surface area contributed by atoms with Crippen LogP contribution in [0.2, 0.25) is 0 Å². The summed E-state index contributed by atoms with van der Waals surface area (Å²) in [5.41, 5.74) is 0. The van der Waals surface area contributed by atoms with Crippen LogP contribution in [-0.2, 0) is 0 Å². The average Bonchev–Trinajstić information content (AvgIpc) is 2.19. The topological polar surface area (TPSA) is 3.24 Å². The quantitative estimate of drug-likeness (QED) is 0.583. The van der Waals surface area contributed by atoms with Crippen LogP contribution in [0.5, 0.6) is 0 Å². The molecule has 1 heterocycles. The molecular formula is C5H11NS2. The van der Waals surface area contributed by atoms with Crippen molar-refractivity contribution in [2.75, 3.05) is 30.3 Å². The molecule has 0 spiro atoms. The molecule has 8 heavy (non-hydrogen) atoms. The van der Waals surface area contributed by atoms with Crippen LogP contribution in [-0.4, -0.2) is 35.2 Å². The first kappa shape index (κ1) is 6.78. The Kier molecular flexibility index (Phi) is 3.08. The van der Waals surface area contributed by atoms with Crippen molar-refractivity contribution in [1.82, 2.24) is 4.90 Å². The van der Waals surface area contributed by atoms with Crippen LogP contribution in [0.15, 0.2) is 0 Å². The first-order chi connectivity index (χ1) is 3.93. The first-order valence-electron chi connectivity index (χ1n) is 2.72. The van der Waals surface area contributed by atoms with Crippen LogP contribution >= 0.6 is 23.5 Å². The highest BCUT2D eigenvalue weighted by Crippen LogP contribution is 2.14. The second-order valence-electron chi connectivity index (χ2n) is 1.85. The largest absolute Gasteiger partial charge is 0.284 e. The lowest BCUT2D eigenvalue weighted by Crippen LogP contribution is -2.17. The molecule has 0 aliphatic carbocycles. The van der Waals surface area contributed by atoms with Gasteiger partial charge in [-0.2, -0.15) is 0 Å². The Morgan fingerprint density at radius 2 is 2.62 bits per heavy atom. The van der Waals surface area contributed by atoms with E-state index in [1.165, 1.54) is 24.1 Å². The van der Waals surface area contributed by atoms with E-state index in [9.17, 15) is 0 Å². The molecule has 1 aliphatic rings. The Hall–Kier alpha value is 0.660. The third-order valence-corrected chi connectivity index (χ3v) is 2.78. The number of hydrogen-bond acceptors (Lipinski definition) is 3. The molecule has 1 nitrogen and oxygen atoms in total. The van der Waals surface area contributed by atoms with Gasteiger partial charge in [0.25, 0.3) is 0 Å². The van der Waals surface area contributed by atoms with E-state index in [4.69, 9.17) is 0 Å². The van der Waals surface area contributed by atoms with Gasteiger partial charge in [-0.1, -0.05) is 0 Å². The fourth-order valence-electron chi connectivity index (χ4n) is 0.736. The van der Waals surface area contributed by atoms with Crippen molar-refractivity contribution in [1.29, 1.82) is 0 Å². The lowest BCUT2D eigenvalue weighted by molar-refractivity contribution is 0.421. The van der Waals surface area contributed by atoms with Crippen molar-refractivity contribution in [3.63, 3.8) is 0 Å². The minimum Gasteiger partial charge on any atom is -0.284 e. The minimum atomic E-state index is 1.22. The molecule has 3 heteroatoms. The van der Waals surface area contributed by atoms with Crippen LogP contribution in [0.1, 0.15) is 0 Å². The summed E-state index contributed by atoms with van der Waals surface area (Å²) in [6, 6.07) is 0. The zero-order chi connectivity index (χ0) is 5.82. The van der Waals surface area contributed by atoms with Crippen LogP contribution in [0, 0.1) is 0 Å². The maximum Gasteiger partial charge on any atom is 0.0453 e. The van der Waals surface area contributed by atoms with E-state index in [1.807, 2.05) is 23.5 Å². The summed E-state index contributed by atoms with van der Waals surface area (Å²) in [4.78, 5) is 2.47.